The number of anilines is 1. The highest BCUT2D eigenvalue weighted by Gasteiger charge is 2.31. The Kier molecular flexibility index (Phi) is 11.5. The number of nitrogens with one attached hydrogen (secondary N) is 1. The van der Waals surface area contributed by atoms with E-state index >= 15 is 0 Å². The minimum Gasteiger partial charge on any atom is -0.384 e. The van der Waals surface area contributed by atoms with Crippen LogP contribution in [0.15, 0.2) is 41.5 Å². The molecule has 1 fully saturated rings. The number of thioether (sulfide) groups is 1. The van der Waals surface area contributed by atoms with Crippen LogP contribution in [-0.2, 0) is 14.4 Å². The summed E-state index contributed by atoms with van der Waals surface area (Å²) < 4.78 is 0. The number of amides is 3. The lowest BCUT2D eigenvalue weighted by Gasteiger charge is -2.26. The van der Waals surface area contributed by atoms with E-state index in [9.17, 15) is 9.59 Å². The normalized spacial score (nSPS) is 13.9. The Morgan fingerprint density at radius 1 is 1.31 bits per heavy atom. The summed E-state index contributed by atoms with van der Waals surface area (Å²) in [5.74, 6) is 0.322. The third kappa shape index (κ3) is 8.25. The molecule has 0 radical (unpaired) electrons. The predicted molar refractivity (Wildman–Crippen MR) is 142 cm³/mol. The molecule has 1 aromatic carbocycles. The summed E-state index contributed by atoms with van der Waals surface area (Å²) in [6.07, 6.45) is 4.92. The van der Waals surface area contributed by atoms with Crippen LogP contribution < -0.4 is 11.1 Å². The van der Waals surface area contributed by atoms with Crippen LogP contribution in [0.25, 0.3) is 0 Å². The number of rotatable bonds is 7. The van der Waals surface area contributed by atoms with Crippen molar-refractivity contribution < 1.29 is 14.4 Å². The zero-order valence-electron chi connectivity index (χ0n) is 20.1. The number of benzene rings is 1. The van der Waals surface area contributed by atoms with Gasteiger partial charge < -0.3 is 16.0 Å². The van der Waals surface area contributed by atoms with Gasteiger partial charge in [0.1, 0.15) is 11.1 Å². The number of aliphatic imine (C=N–C) groups is 1. The first-order chi connectivity index (χ1) is 16.8. The van der Waals surface area contributed by atoms with Gasteiger partial charge in [-0.1, -0.05) is 23.4 Å². The van der Waals surface area contributed by atoms with Crippen LogP contribution in [0.5, 0.6) is 0 Å². The molecule has 1 saturated heterocycles. The number of amidine groups is 1. The third-order valence-corrected chi connectivity index (χ3v) is 6.66. The molecule has 9 nitrogen and oxygen atoms in total. The van der Waals surface area contributed by atoms with Gasteiger partial charge in [-0.05, 0) is 68.1 Å². The number of aromatic nitrogens is 1. The molecule has 0 bridgehead atoms. The van der Waals surface area contributed by atoms with Crippen LogP contribution in [0.3, 0.4) is 0 Å². The second-order valence-electron chi connectivity index (χ2n) is 7.67. The first-order valence-electron chi connectivity index (χ1n) is 11.2. The molecule has 0 aliphatic carbocycles. The average Bonchev–Trinajstić information content (AvgIpc) is 3.39. The number of pyridine rings is 1. The molecule has 0 spiro atoms. The number of halogens is 1. The molecule has 1 unspecified atom stereocenters. The number of hydrogen-bond acceptors (Lipinski definition) is 7. The molecule has 1 aliphatic rings. The fraction of sp³-hybridized carbons (Fsp3) is 0.375. The molecular weight excluding hydrogens is 488 g/mol. The molecule has 3 amide bonds. The van der Waals surface area contributed by atoms with Crippen molar-refractivity contribution >= 4 is 58.8 Å². The molecule has 3 N–H and O–H groups in total. The summed E-state index contributed by atoms with van der Waals surface area (Å²) in [6.45, 7) is 5.64. The van der Waals surface area contributed by atoms with E-state index in [0.717, 1.165) is 43.5 Å². The van der Waals surface area contributed by atoms with E-state index in [-0.39, 0.29) is 5.91 Å². The molecule has 2 aromatic rings. The molecule has 188 valence electrons. The molecule has 2 heterocycles. The van der Waals surface area contributed by atoms with Gasteiger partial charge in [0.2, 0.25) is 18.7 Å². The molecule has 1 aromatic heterocycles. The summed E-state index contributed by atoms with van der Waals surface area (Å²) in [6, 6.07) is 8.86. The highest BCUT2D eigenvalue weighted by atomic mass is 35.5. The maximum Gasteiger partial charge on any atom is 0.240 e. The van der Waals surface area contributed by atoms with Crippen molar-refractivity contribution in [3.05, 3.63) is 52.7 Å². The number of hydrogen-bond donors (Lipinski definition) is 2. The molecular formula is C24H31ClN6O3S. The number of aryl methyl sites for hydroxylation is 1. The van der Waals surface area contributed by atoms with Gasteiger partial charge in [-0.15, -0.1) is 0 Å². The van der Waals surface area contributed by atoms with Crippen molar-refractivity contribution in [1.29, 1.82) is 0 Å². The molecule has 3 rings (SSSR count). The average molecular weight is 519 g/mol. The second-order valence-corrected chi connectivity index (χ2v) is 9.18. The number of carbonyl (C=O) groups is 3. The Morgan fingerprint density at radius 3 is 2.54 bits per heavy atom. The lowest BCUT2D eigenvalue weighted by molar-refractivity contribution is -0.129. The SMILES string of the molecule is CCN(C=O)C(=Nc1ccc(Cl)cc1C)SC(C(=O)N1CCCC1)c1ccnc(N)c1.CNC=O. The summed E-state index contributed by atoms with van der Waals surface area (Å²) in [5.41, 5.74) is 8.20. The highest BCUT2D eigenvalue weighted by molar-refractivity contribution is 8.14. The van der Waals surface area contributed by atoms with Crippen LogP contribution in [0.1, 0.15) is 36.1 Å². The zero-order chi connectivity index (χ0) is 25.8. The van der Waals surface area contributed by atoms with Crippen LogP contribution in [-0.4, -0.2) is 65.4 Å². The summed E-state index contributed by atoms with van der Waals surface area (Å²) in [5, 5.41) is 2.71. The van der Waals surface area contributed by atoms with E-state index in [2.05, 4.69) is 10.3 Å². The number of carbonyl (C=O) groups excluding carboxylic acids is 3. The number of nitrogens with zero attached hydrogens (tertiary/aromatic N) is 4. The topological polar surface area (TPSA) is 121 Å². The zero-order valence-corrected chi connectivity index (χ0v) is 21.7. The van der Waals surface area contributed by atoms with E-state index in [1.165, 1.54) is 16.7 Å². The monoisotopic (exact) mass is 518 g/mol. The van der Waals surface area contributed by atoms with E-state index < -0.39 is 5.25 Å². The summed E-state index contributed by atoms with van der Waals surface area (Å²) in [7, 11) is 1.56. The third-order valence-electron chi connectivity index (χ3n) is 5.18. The van der Waals surface area contributed by atoms with E-state index in [4.69, 9.17) is 27.1 Å². The quantitative estimate of drug-likeness (QED) is 0.328. The number of nitrogens with two attached hydrogens (primary N) is 1. The Morgan fingerprint density at radius 2 is 2.00 bits per heavy atom. The van der Waals surface area contributed by atoms with Crippen molar-refractivity contribution in [2.45, 2.75) is 31.9 Å². The molecule has 0 saturated carbocycles. The van der Waals surface area contributed by atoms with Crippen molar-refractivity contribution in [2.75, 3.05) is 32.4 Å². The number of likely N-dealkylation sites (tertiary alicyclic amines) is 1. The first-order valence-corrected chi connectivity index (χ1v) is 12.4. The largest absolute Gasteiger partial charge is 0.384 e. The lowest BCUT2D eigenvalue weighted by Crippen LogP contribution is -2.34. The fourth-order valence-corrected chi connectivity index (χ4v) is 4.79. The smallest absolute Gasteiger partial charge is 0.240 e. The van der Waals surface area contributed by atoms with Crippen molar-refractivity contribution in [3.8, 4) is 0 Å². The standard InChI is InChI=1S/C22H26ClN5O2S.C2H5NO/c1-3-27(14-29)22(26-18-7-6-17(23)12-15(18)2)31-20(16-8-9-25-19(24)13-16)21(30)28-10-4-5-11-28;1-3-2-4/h6-9,12-14,20H,3-5,10-11H2,1-2H3,(H2,24,25);2H,1H3,(H,3,4). The van der Waals surface area contributed by atoms with Gasteiger partial charge in [0.15, 0.2) is 5.17 Å². The molecule has 1 atom stereocenters. The van der Waals surface area contributed by atoms with Gasteiger partial charge in [-0.3, -0.25) is 19.3 Å². The lowest BCUT2D eigenvalue weighted by atomic mass is 10.1. The van der Waals surface area contributed by atoms with Gasteiger partial charge >= 0.3 is 0 Å². The Hall–Kier alpha value is -3.11. The summed E-state index contributed by atoms with van der Waals surface area (Å²) >= 11 is 7.32. The van der Waals surface area contributed by atoms with E-state index in [0.29, 0.717) is 34.7 Å². The van der Waals surface area contributed by atoms with Crippen LogP contribution >= 0.6 is 23.4 Å². The van der Waals surface area contributed by atoms with Crippen molar-refractivity contribution in [2.24, 2.45) is 4.99 Å². The highest BCUT2D eigenvalue weighted by Crippen LogP contribution is 2.36. The van der Waals surface area contributed by atoms with E-state index in [1.807, 2.05) is 24.8 Å². The Labute approximate surface area is 215 Å². The fourth-order valence-electron chi connectivity index (χ4n) is 3.36. The predicted octanol–water partition coefficient (Wildman–Crippen LogP) is 3.55. The van der Waals surface area contributed by atoms with Crippen molar-refractivity contribution in [3.63, 3.8) is 0 Å². The maximum absolute atomic E-state index is 13.4. The molecule has 11 heteroatoms. The van der Waals surface area contributed by atoms with Crippen molar-refractivity contribution in [1.82, 2.24) is 20.1 Å². The minimum atomic E-state index is -0.594. The van der Waals surface area contributed by atoms with Gasteiger partial charge in [0.05, 0.1) is 5.69 Å². The van der Waals surface area contributed by atoms with E-state index in [1.54, 1.807) is 37.5 Å². The minimum absolute atomic E-state index is 0.0180. The van der Waals surface area contributed by atoms with Crippen LogP contribution in [0.2, 0.25) is 5.02 Å². The second kappa shape index (κ2) is 14.3. The van der Waals surface area contributed by atoms with Gasteiger partial charge in [-0.25, -0.2) is 9.98 Å². The van der Waals surface area contributed by atoms with Gasteiger partial charge in [-0.2, -0.15) is 0 Å². The first kappa shape index (κ1) is 28.1. The Balaban J connectivity index is 0.00000100. The van der Waals surface area contributed by atoms with Gasteiger partial charge in [0.25, 0.3) is 0 Å². The Bertz CT molecular complexity index is 1050. The molecule has 1 aliphatic heterocycles. The van der Waals surface area contributed by atoms with Crippen LogP contribution in [0, 0.1) is 6.92 Å². The number of nitrogen functional groups attached to an aromatic ring is 1. The van der Waals surface area contributed by atoms with Gasteiger partial charge in [0, 0.05) is 37.9 Å². The van der Waals surface area contributed by atoms with Crippen LogP contribution in [0.4, 0.5) is 11.5 Å². The maximum atomic E-state index is 13.4. The molecule has 35 heavy (non-hydrogen) atoms. The summed E-state index contributed by atoms with van der Waals surface area (Å²) in [4.78, 5) is 46.4.